The average molecular weight is 391 g/mol. The van der Waals surface area contributed by atoms with Crippen LogP contribution in [0.25, 0.3) is 10.1 Å². The Balaban J connectivity index is 2.54. The van der Waals surface area contributed by atoms with Gasteiger partial charge in [0.1, 0.15) is 0 Å². The van der Waals surface area contributed by atoms with Crippen LogP contribution < -0.4 is 0 Å². The molecule has 1 heterocycles. The Morgan fingerprint density at radius 2 is 2.16 bits per heavy atom. The number of hydrogen-bond donors (Lipinski definition) is 1. The molecule has 0 spiro atoms. The predicted octanol–water partition coefficient (Wildman–Crippen LogP) is 5.12. The summed E-state index contributed by atoms with van der Waals surface area (Å²) < 4.78 is 42.4. The highest BCUT2D eigenvalue weighted by Crippen LogP contribution is 2.43. The van der Waals surface area contributed by atoms with Gasteiger partial charge in [-0.05, 0) is 28.1 Å². The molecule has 3 nitrogen and oxygen atoms in total. The van der Waals surface area contributed by atoms with Crippen LogP contribution in [-0.2, 0) is 21.1 Å². The summed E-state index contributed by atoms with van der Waals surface area (Å²) in [5.41, 5.74) is -0.503. The van der Waals surface area contributed by atoms with Crippen molar-refractivity contribution in [3.8, 4) is 0 Å². The maximum absolute atomic E-state index is 13.7. The summed E-state index contributed by atoms with van der Waals surface area (Å²) >= 11 is 10.1. The van der Waals surface area contributed by atoms with Crippen molar-refractivity contribution in [2.75, 3.05) is 0 Å². The van der Waals surface area contributed by atoms with E-state index in [1.807, 2.05) is 0 Å². The third kappa shape index (κ3) is 3.29. The van der Waals surface area contributed by atoms with E-state index in [2.05, 4.69) is 20.5 Å². The van der Waals surface area contributed by atoms with Crippen molar-refractivity contribution in [3.63, 3.8) is 0 Å². The quantitative estimate of drug-likeness (QED) is 0.582. The third-order valence-corrected chi connectivity index (χ3v) is 4.88. The molecule has 2 rings (SSSR count). The maximum Gasteiger partial charge on any atom is 0.701 e. The Kier molecular flexibility index (Phi) is 4.55. The summed E-state index contributed by atoms with van der Waals surface area (Å²) in [4.78, 5) is 9.32. The van der Waals surface area contributed by atoms with Crippen LogP contribution in [0, 0.1) is 0 Å². The van der Waals surface area contributed by atoms with Crippen LogP contribution in [0.2, 0.25) is 0 Å². The number of halogens is 4. The largest absolute Gasteiger partial charge is 0.701 e. The molecule has 0 saturated carbocycles. The van der Waals surface area contributed by atoms with Crippen LogP contribution in [0.4, 0.5) is 8.78 Å². The molecule has 1 aromatic carbocycles. The lowest BCUT2D eigenvalue weighted by Crippen LogP contribution is -2.15. The molecule has 0 fully saturated rings. The molecule has 1 aromatic heterocycles. The molecule has 0 saturated heterocycles. The van der Waals surface area contributed by atoms with Gasteiger partial charge < -0.3 is 0 Å². The van der Waals surface area contributed by atoms with Gasteiger partial charge in [0.25, 0.3) is 0 Å². The lowest BCUT2D eigenvalue weighted by Gasteiger charge is -2.11. The van der Waals surface area contributed by atoms with Gasteiger partial charge in [0.15, 0.2) is 0 Å². The summed E-state index contributed by atoms with van der Waals surface area (Å²) in [6, 6.07) is 4.41. The standard InChI is InChI=1S/C10H5BrClF2O3PS/c11-8-3-9-5(1-6(4-12)19-9)2-7(8)10(13,14)17-18(15)16/h1-3H,4H2/p+1. The fourth-order valence-corrected chi connectivity index (χ4v) is 3.75. The normalized spacial score (nSPS) is 13.0. The molecule has 0 aliphatic carbocycles. The first kappa shape index (κ1) is 15.2. The molecule has 102 valence electrons. The number of hydrogen-bond acceptors (Lipinski definition) is 3. The molecule has 0 aliphatic rings. The minimum atomic E-state index is -3.85. The molecule has 2 aromatic rings. The third-order valence-electron chi connectivity index (χ3n) is 2.30. The number of benzene rings is 1. The minimum absolute atomic E-state index is 0.102. The van der Waals surface area contributed by atoms with Crippen molar-refractivity contribution in [3.05, 3.63) is 33.1 Å². The maximum atomic E-state index is 13.7. The lowest BCUT2D eigenvalue weighted by molar-refractivity contribution is -0.186. The highest BCUT2D eigenvalue weighted by molar-refractivity contribution is 9.10. The first-order valence-electron chi connectivity index (χ1n) is 4.85. The molecule has 0 radical (unpaired) electrons. The Morgan fingerprint density at radius 3 is 2.74 bits per heavy atom. The van der Waals surface area contributed by atoms with Crippen molar-refractivity contribution >= 4 is 57.2 Å². The van der Waals surface area contributed by atoms with Crippen LogP contribution in [0.1, 0.15) is 10.4 Å². The van der Waals surface area contributed by atoms with E-state index in [1.165, 1.54) is 23.5 Å². The molecule has 1 unspecified atom stereocenters. The zero-order valence-corrected chi connectivity index (χ0v) is 13.1. The summed E-state index contributed by atoms with van der Waals surface area (Å²) in [6.45, 7) is 0. The molecular formula is C10H6BrClF2O3PS+. The van der Waals surface area contributed by atoms with Gasteiger partial charge in [0.05, 0.1) is 11.4 Å². The van der Waals surface area contributed by atoms with Crippen LogP contribution in [-0.4, -0.2) is 4.89 Å². The lowest BCUT2D eigenvalue weighted by atomic mass is 10.1. The molecule has 1 N–H and O–H groups in total. The summed E-state index contributed by atoms with van der Waals surface area (Å²) in [5, 5.41) is 0.579. The first-order chi connectivity index (χ1) is 8.83. The summed E-state index contributed by atoms with van der Waals surface area (Å²) in [5.74, 6) is 0.293. The second-order valence-electron chi connectivity index (χ2n) is 3.56. The van der Waals surface area contributed by atoms with E-state index in [1.54, 1.807) is 6.07 Å². The zero-order valence-electron chi connectivity index (χ0n) is 9.07. The van der Waals surface area contributed by atoms with Gasteiger partial charge in [0.2, 0.25) is 0 Å². The van der Waals surface area contributed by atoms with Gasteiger partial charge in [0, 0.05) is 18.6 Å². The van der Waals surface area contributed by atoms with Crippen molar-refractivity contribution in [1.82, 2.24) is 0 Å². The molecule has 0 aliphatic heterocycles. The van der Waals surface area contributed by atoms with Crippen LogP contribution in [0.3, 0.4) is 0 Å². The second-order valence-corrected chi connectivity index (χ2v) is 6.51. The molecule has 19 heavy (non-hydrogen) atoms. The monoisotopic (exact) mass is 389 g/mol. The number of alkyl halides is 3. The van der Waals surface area contributed by atoms with Crippen molar-refractivity contribution in [1.29, 1.82) is 0 Å². The van der Waals surface area contributed by atoms with Crippen LogP contribution >= 0.6 is 47.1 Å². The van der Waals surface area contributed by atoms with Gasteiger partial charge in [-0.25, -0.2) is 0 Å². The molecule has 1 atom stereocenters. The van der Waals surface area contributed by atoms with Gasteiger partial charge >= 0.3 is 14.4 Å². The number of rotatable bonds is 4. The van der Waals surface area contributed by atoms with E-state index in [4.69, 9.17) is 16.5 Å². The van der Waals surface area contributed by atoms with Gasteiger partial charge in [-0.3, -0.25) is 0 Å². The van der Waals surface area contributed by atoms with Crippen molar-refractivity contribution in [2.45, 2.75) is 12.0 Å². The van der Waals surface area contributed by atoms with E-state index in [0.717, 1.165) is 9.58 Å². The Morgan fingerprint density at radius 1 is 1.47 bits per heavy atom. The topological polar surface area (TPSA) is 46.5 Å². The summed E-state index contributed by atoms with van der Waals surface area (Å²) in [6.07, 6.45) is -3.85. The second kappa shape index (κ2) is 5.68. The van der Waals surface area contributed by atoms with Crippen molar-refractivity contribution in [2.24, 2.45) is 0 Å². The highest BCUT2D eigenvalue weighted by atomic mass is 79.9. The zero-order chi connectivity index (χ0) is 14.2. The molecule has 0 bridgehead atoms. The van der Waals surface area contributed by atoms with Crippen LogP contribution in [0.5, 0.6) is 0 Å². The van der Waals surface area contributed by atoms with Crippen LogP contribution in [0.15, 0.2) is 22.7 Å². The Labute approximate surface area is 125 Å². The van der Waals surface area contributed by atoms with Gasteiger partial charge in [-0.15, -0.1) is 27.8 Å². The van der Waals surface area contributed by atoms with E-state index in [0.29, 0.717) is 11.3 Å². The average Bonchev–Trinajstić information content (AvgIpc) is 2.67. The van der Waals surface area contributed by atoms with Gasteiger partial charge in [-0.1, -0.05) is 15.9 Å². The minimum Gasteiger partial charge on any atom is -0.166 e. The van der Waals surface area contributed by atoms with Crippen molar-refractivity contribution < 1.29 is 22.8 Å². The SMILES string of the molecule is O=[P+](O)OC(F)(F)c1cc2cc(CCl)sc2cc1Br. The Bertz CT molecular complexity index is 649. The predicted molar refractivity (Wildman–Crippen MR) is 73.9 cm³/mol. The fraction of sp³-hybridized carbons (Fsp3) is 0.200. The van der Waals surface area contributed by atoms with E-state index >= 15 is 0 Å². The molecular weight excluding hydrogens is 385 g/mol. The first-order valence-corrected chi connectivity index (χ1v) is 8.12. The van der Waals surface area contributed by atoms with Gasteiger partial charge in [-0.2, -0.15) is 8.78 Å². The highest BCUT2D eigenvalue weighted by Gasteiger charge is 2.44. The number of thiophene rings is 1. The number of fused-ring (bicyclic) bond motifs is 1. The van der Waals surface area contributed by atoms with E-state index in [9.17, 15) is 13.3 Å². The molecule has 9 heteroatoms. The summed E-state index contributed by atoms with van der Waals surface area (Å²) in [7, 11) is -3.40. The van der Waals surface area contributed by atoms with E-state index < -0.39 is 19.9 Å². The smallest absolute Gasteiger partial charge is 0.166 e. The Hall–Kier alpha value is -0.170. The fourth-order valence-electron chi connectivity index (χ4n) is 1.55. The van der Waals surface area contributed by atoms with E-state index in [-0.39, 0.29) is 4.47 Å². The molecule has 0 amide bonds.